The molecule has 2 aromatic carbocycles. The molecule has 0 atom stereocenters. The molecule has 0 aliphatic rings. The second-order valence-electron chi connectivity index (χ2n) is 6.17. The van der Waals surface area contributed by atoms with Crippen LogP contribution in [0.1, 0.15) is 22.5 Å². The summed E-state index contributed by atoms with van der Waals surface area (Å²) in [4.78, 5) is 4.54. The van der Waals surface area contributed by atoms with Gasteiger partial charge < -0.3 is 14.8 Å². The molecule has 0 spiro atoms. The van der Waals surface area contributed by atoms with Crippen LogP contribution < -0.4 is 10.1 Å². The summed E-state index contributed by atoms with van der Waals surface area (Å²) in [6, 6.07) is 22.3. The molecule has 0 saturated heterocycles. The van der Waals surface area contributed by atoms with E-state index < -0.39 is 0 Å². The SMILES string of the molecule is COc1cc(C)nc(CNc2cccc(COCc3ccccc3)c2)c1. The van der Waals surface area contributed by atoms with Gasteiger partial charge in [0, 0.05) is 23.5 Å². The molecule has 134 valence electrons. The molecule has 1 N–H and O–H groups in total. The average molecular weight is 348 g/mol. The summed E-state index contributed by atoms with van der Waals surface area (Å²) in [5, 5.41) is 3.41. The number of hydrogen-bond acceptors (Lipinski definition) is 4. The van der Waals surface area contributed by atoms with Crippen molar-refractivity contribution < 1.29 is 9.47 Å². The highest BCUT2D eigenvalue weighted by Crippen LogP contribution is 2.16. The third kappa shape index (κ3) is 5.33. The lowest BCUT2D eigenvalue weighted by molar-refractivity contribution is 0.107. The Morgan fingerprint density at radius 3 is 2.46 bits per heavy atom. The number of rotatable bonds is 8. The maximum Gasteiger partial charge on any atom is 0.122 e. The first-order valence-electron chi connectivity index (χ1n) is 8.69. The highest BCUT2D eigenvalue weighted by molar-refractivity contribution is 5.46. The predicted octanol–water partition coefficient (Wildman–Crippen LogP) is 4.73. The van der Waals surface area contributed by atoms with Crippen molar-refractivity contribution >= 4 is 5.69 Å². The minimum absolute atomic E-state index is 0.584. The van der Waals surface area contributed by atoms with E-state index >= 15 is 0 Å². The van der Waals surface area contributed by atoms with Crippen molar-refractivity contribution in [1.29, 1.82) is 0 Å². The molecule has 0 radical (unpaired) electrons. The first-order chi connectivity index (χ1) is 12.7. The van der Waals surface area contributed by atoms with Gasteiger partial charge in [0.1, 0.15) is 5.75 Å². The Bertz CT molecular complexity index is 835. The van der Waals surface area contributed by atoms with Crippen LogP contribution in [0.2, 0.25) is 0 Å². The van der Waals surface area contributed by atoms with Crippen molar-refractivity contribution in [2.45, 2.75) is 26.7 Å². The van der Waals surface area contributed by atoms with Gasteiger partial charge in [-0.3, -0.25) is 4.98 Å². The van der Waals surface area contributed by atoms with Crippen LogP contribution in [0.5, 0.6) is 5.75 Å². The standard InChI is InChI=1S/C22H24N2O2/c1-17-11-22(25-2)13-21(24-17)14-23-20-10-6-9-19(12-20)16-26-15-18-7-4-3-5-8-18/h3-13,23H,14-16H2,1-2H3. The van der Waals surface area contributed by atoms with E-state index in [4.69, 9.17) is 9.47 Å². The Balaban J connectivity index is 1.54. The van der Waals surface area contributed by atoms with Crippen LogP contribution in [0.4, 0.5) is 5.69 Å². The zero-order chi connectivity index (χ0) is 18.2. The first-order valence-corrected chi connectivity index (χ1v) is 8.69. The summed E-state index contributed by atoms with van der Waals surface area (Å²) < 4.78 is 11.1. The topological polar surface area (TPSA) is 43.4 Å². The lowest BCUT2D eigenvalue weighted by Crippen LogP contribution is -2.04. The van der Waals surface area contributed by atoms with E-state index in [1.807, 2.05) is 49.4 Å². The highest BCUT2D eigenvalue weighted by atomic mass is 16.5. The summed E-state index contributed by atoms with van der Waals surface area (Å²) in [7, 11) is 1.67. The molecule has 3 aromatic rings. The van der Waals surface area contributed by atoms with Gasteiger partial charge in [-0.15, -0.1) is 0 Å². The van der Waals surface area contributed by atoms with Crippen LogP contribution in [0.3, 0.4) is 0 Å². The van der Waals surface area contributed by atoms with Gasteiger partial charge in [-0.05, 0) is 30.2 Å². The van der Waals surface area contributed by atoms with Crippen LogP contribution in [0, 0.1) is 6.92 Å². The number of nitrogens with zero attached hydrogens (tertiary/aromatic N) is 1. The number of ether oxygens (including phenoxy) is 2. The van der Waals surface area contributed by atoms with E-state index in [1.54, 1.807) is 7.11 Å². The molecule has 0 fully saturated rings. The molecule has 1 heterocycles. The third-order valence-electron chi connectivity index (χ3n) is 4.00. The van der Waals surface area contributed by atoms with Crippen molar-refractivity contribution in [2.75, 3.05) is 12.4 Å². The van der Waals surface area contributed by atoms with Gasteiger partial charge in [-0.2, -0.15) is 0 Å². The zero-order valence-electron chi connectivity index (χ0n) is 15.2. The van der Waals surface area contributed by atoms with E-state index in [2.05, 4.69) is 34.6 Å². The van der Waals surface area contributed by atoms with Gasteiger partial charge in [0.2, 0.25) is 0 Å². The number of nitrogens with one attached hydrogen (secondary N) is 1. The molecule has 26 heavy (non-hydrogen) atoms. The lowest BCUT2D eigenvalue weighted by Gasteiger charge is -2.10. The van der Waals surface area contributed by atoms with Crippen LogP contribution in [0.15, 0.2) is 66.7 Å². The van der Waals surface area contributed by atoms with Gasteiger partial charge in [0.25, 0.3) is 0 Å². The van der Waals surface area contributed by atoms with Crippen LogP contribution in [-0.2, 0) is 24.5 Å². The molecule has 0 aliphatic carbocycles. The third-order valence-corrected chi connectivity index (χ3v) is 4.00. The van der Waals surface area contributed by atoms with Crippen LogP contribution in [-0.4, -0.2) is 12.1 Å². The van der Waals surface area contributed by atoms with Gasteiger partial charge in [-0.1, -0.05) is 42.5 Å². The Labute approximate surface area is 154 Å². The quantitative estimate of drug-likeness (QED) is 0.639. The van der Waals surface area contributed by atoms with Gasteiger partial charge >= 0.3 is 0 Å². The van der Waals surface area contributed by atoms with Crippen LogP contribution in [0.25, 0.3) is 0 Å². The number of pyridine rings is 1. The molecule has 3 rings (SSSR count). The van der Waals surface area contributed by atoms with Crippen molar-refractivity contribution in [1.82, 2.24) is 4.98 Å². The predicted molar refractivity (Wildman–Crippen MR) is 104 cm³/mol. The summed E-state index contributed by atoms with van der Waals surface area (Å²) >= 11 is 0. The Morgan fingerprint density at radius 2 is 1.65 bits per heavy atom. The maximum absolute atomic E-state index is 5.81. The molecule has 0 saturated carbocycles. The number of aromatic nitrogens is 1. The minimum Gasteiger partial charge on any atom is -0.497 e. The van der Waals surface area contributed by atoms with Crippen molar-refractivity contribution in [3.8, 4) is 5.75 Å². The molecule has 4 heteroatoms. The molecule has 0 aliphatic heterocycles. The van der Waals surface area contributed by atoms with Crippen molar-refractivity contribution in [2.24, 2.45) is 0 Å². The molecule has 1 aromatic heterocycles. The summed E-state index contributed by atoms with van der Waals surface area (Å²) in [5.41, 5.74) is 5.27. The van der Waals surface area contributed by atoms with E-state index in [9.17, 15) is 0 Å². The molecule has 0 bridgehead atoms. The Kier molecular flexibility index (Phi) is 6.23. The normalized spacial score (nSPS) is 10.5. The van der Waals surface area contributed by atoms with Crippen molar-refractivity contribution in [3.05, 3.63) is 89.2 Å². The smallest absolute Gasteiger partial charge is 0.122 e. The summed E-state index contributed by atoms with van der Waals surface area (Å²) in [5.74, 6) is 0.831. The van der Waals surface area contributed by atoms with Gasteiger partial charge in [0.15, 0.2) is 0 Å². The fourth-order valence-electron chi connectivity index (χ4n) is 2.74. The number of benzene rings is 2. The van der Waals surface area contributed by atoms with E-state index in [0.29, 0.717) is 19.8 Å². The molecular formula is C22H24N2O2. The molecule has 0 amide bonds. The largest absolute Gasteiger partial charge is 0.497 e. The van der Waals surface area contributed by atoms with Gasteiger partial charge in [0.05, 0.1) is 32.6 Å². The second kappa shape index (κ2) is 9.02. The number of anilines is 1. The molecular weight excluding hydrogens is 324 g/mol. The van der Waals surface area contributed by atoms with Crippen molar-refractivity contribution in [3.63, 3.8) is 0 Å². The number of hydrogen-bond donors (Lipinski definition) is 1. The first kappa shape index (κ1) is 18.0. The maximum atomic E-state index is 5.81. The fraction of sp³-hybridized carbons (Fsp3) is 0.227. The zero-order valence-corrected chi connectivity index (χ0v) is 15.2. The van der Waals surface area contributed by atoms with Gasteiger partial charge in [-0.25, -0.2) is 0 Å². The van der Waals surface area contributed by atoms with Crippen LogP contribution >= 0.6 is 0 Å². The Morgan fingerprint density at radius 1 is 0.885 bits per heavy atom. The van der Waals surface area contributed by atoms with E-state index in [0.717, 1.165) is 28.4 Å². The second-order valence-corrected chi connectivity index (χ2v) is 6.17. The highest BCUT2D eigenvalue weighted by Gasteiger charge is 2.02. The fourth-order valence-corrected chi connectivity index (χ4v) is 2.74. The molecule has 0 unspecified atom stereocenters. The number of aryl methyl sites for hydroxylation is 1. The van der Waals surface area contributed by atoms with E-state index in [-0.39, 0.29) is 0 Å². The summed E-state index contributed by atoms with van der Waals surface area (Å²) in [6.45, 7) is 3.81. The molecule has 4 nitrogen and oxygen atoms in total. The minimum atomic E-state index is 0.584. The Hall–Kier alpha value is -2.85. The summed E-state index contributed by atoms with van der Waals surface area (Å²) in [6.07, 6.45) is 0. The monoisotopic (exact) mass is 348 g/mol. The van der Waals surface area contributed by atoms with E-state index in [1.165, 1.54) is 5.56 Å². The average Bonchev–Trinajstić information content (AvgIpc) is 2.67. The lowest BCUT2D eigenvalue weighted by atomic mass is 10.2. The number of methoxy groups -OCH3 is 1.